The molecule has 3 heterocycles. The number of ether oxygens (including phenoxy) is 4. The second-order valence-corrected chi connectivity index (χ2v) is 18.8. The van der Waals surface area contributed by atoms with Gasteiger partial charge in [-0.25, -0.2) is 4.79 Å². The fourth-order valence-corrected chi connectivity index (χ4v) is 8.32. The van der Waals surface area contributed by atoms with Crippen molar-refractivity contribution in [2.75, 3.05) is 6.54 Å². The van der Waals surface area contributed by atoms with Gasteiger partial charge in [0.1, 0.15) is 12.2 Å². The number of esters is 1. The van der Waals surface area contributed by atoms with Crippen molar-refractivity contribution in [3.05, 3.63) is 85.1 Å². The number of cyclic esters (lactones) is 1. The average molecular weight is 1010 g/mol. The molecule has 6 unspecified atom stereocenters. The molecule has 0 aromatic carbocycles. The fraction of sp³-hybridized carbons (Fsp3) is 0.660. The monoisotopic (exact) mass is 1010 g/mol. The number of aliphatic hydroxyl groups excluding tert-OH is 9. The maximum absolute atomic E-state index is 13.0. The maximum atomic E-state index is 13.0. The number of carboxylic acids is 1. The van der Waals surface area contributed by atoms with Crippen molar-refractivity contribution < 1.29 is 89.5 Å². The van der Waals surface area contributed by atoms with Gasteiger partial charge in [-0.15, -0.1) is 0 Å². The van der Waals surface area contributed by atoms with Crippen LogP contribution < -0.4 is 16.4 Å². The minimum atomic E-state index is -2.32. The van der Waals surface area contributed by atoms with Crippen molar-refractivity contribution in [3.8, 4) is 0 Å². The van der Waals surface area contributed by atoms with Crippen LogP contribution in [0.1, 0.15) is 85.5 Å². The Balaban J connectivity index is 1.93. The van der Waals surface area contributed by atoms with Crippen molar-refractivity contribution in [3.63, 3.8) is 0 Å². The molecule has 71 heavy (non-hydrogen) atoms. The van der Waals surface area contributed by atoms with Gasteiger partial charge in [0.05, 0.1) is 92.1 Å². The molecule has 402 valence electrons. The highest BCUT2D eigenvalue weighted by Crippen LogP contribution is 2.35. The SMILES string of the molecule is CC1OC(O[C@H]2/C=C/C=C/C=C/C=C/C=C/C=C/C=C/[C@H](C)[C@@H](O)[C@@H](C)[C@H](C)OC(=O)C[C@H](O)C[C@H](O)CC[C@@H](O)[C@H](O)C[C@H](O)C[C@]3(O)C[C@H](O)[C@@H](NC(=O)NCCC(=O)O)C(C2)O3)C(O)C(N)C1O. The zero-order valence-corrected chi connectivity index (χ0v) is 40.9. The van der Waals surface area contributed by atoms with Gasteiger partial charge in [0, 0.05) is 44.1 Å². The van der Waals surface area contributed by atoms with Crippen LogP contribution in [0.5, 0.6) is 0 Å². The van der Waals surface area contributed by atoms with Crippen LogP contribution in [0.4, 0.5) is 4.79 Å². The van der Waals surface area contributed by atoms with Gasteiger partial charge in [0.15, 0.2) is 12.1 Å². The van der Waals surface area contributed by atoms with Crippen molar-refractivity contribution in [1.29, 1.82) is 0 Å². The van der Waals surface area contributed by atoms with Crippen LogP contribution in [0.15, 0.2) is 85.1 Å². The van der Waals surface area contributed by atoms with Crippen LogP contribution in [0, 0.1) is 11.8 Å². The summed E-state index contributed by atoms with van der Waals surface area (Å²) in [5, 5.41) is 123. The summed E-state index contributed by atoms with van der Waals surface area (Å²) >= 11 is 0. The van der Waals surface area contributed by atoms with E-state index in [1.54, 1.807) is 92.8 Å². The smallest absolute Gasteiger partial charge is 0.315 e. The molecular formula is C50H79N3O18. The Hall–Kier alpha value is -4.17. The number of aliphatic carboxylic acids is 1. The van der Waals surface area contributed by atoms with Gasteiger partial charge in [-0.2, -0.15) is 0 Å². The number of amides is 2. The lowest BCUT2D eigenvalue weighted by Crippen LogP contribution is -2.64. The molecule has 19 atom stereocenters. The number of hydrogen-bond acceptors (Lipinski definition) is 18. The van der Waals surface area contributed by atoms with E-state index in [0.29, 0.717) is 0 Å². The first-order valence-electron chi connectivity index (χ1n) is 24.2. The standard InChI is InChI=1S/C50H79N3O18/c1-29-17-15-13-11-9-7-5-6-8-10-12-14-16-18-36(70-48-47(65)43(51)46(64)32(4)69-48)26-40-44(53-49(66)52-22-21-41(60)61)39(59)28-50(67,71-40)27-35(56)24-38(58)37(57)20-19-33(54)23-34(55)25-42(62)68-31(3)30(2)45(29)63/h5-18,29-40,43-48,54-59,63-65,67H,19-28,51H2,1-4H3,(H,60,61)(H2,52,53,66)/b6-5+,9-7+,10-8+,13-11+,14-12+,17-15+,18-16+/t29-,30-,31-,32?,33+,34+,35-,36-,37+,38+,39-,40?,43?,44+,45+,46?,47?,48?,50+/m0/s1. The van der Waals surface area contributed by atoms with E-state index in [2.05, 4.69) is 10.6 Å². The highest BCUT2D eigenvalue weighted by Gasteiger charge is 2.49. The van der Waals surface area contributed by atoms with E-state index in [4.69, 9.17) is 29.8 Å². The van der Waals surface area contributed by atoms with Crippen LogP contribution in [-0.4, -0.2) is 184 Å². The zero-order valence-electron chi connectivity index (χ0n) is 40.9. The van der Waals surface area contributed by atoms with Gasteiger partial charge in [-0.1, -0.05) is 98.9 Å². The Morgan fingerprint density at radius 3 is 1.90 bits per heavy atom. The summed E-state index contributed by atoms with van der Waals surface area (Å²) in [6.07, 6.45) is 3.27. The van der Waals surface area contributed by atoms with E-state index in [1.807, 2.05) is 13.0 Å². The summed E-state index contributed by atoms with van der Waals surface area (Å²) in [4.78, 5) is 36.7. The minimum Gasteiger partial charge on any atom is -0.481 e. The maximum Gasteiger partial charge on any atom is 0.315 e. The highest BCUT2D eigenvalue weighted by atomic mass is 16.7. The summed E-state index contributed by atoms with van der Waals surface area (Å²) in [5.74, 6) is -4.99. The molecule has 0 aromatic heterocycles. The Morgan fingerprint density at radius 1 is 0.704 bits per heavy atom. The van der Waals surface area contributed by atoms with Crippen molar-refractivity contribution >= 4 is 18.0 Å². The Morgan fingerprint density at radius 2 is 1.30 bits per heavy atom. The summed E-state index contributed by atoms with van der Waals surface area (Å²) in [6, 6.07) is -3.33. The number of urea groups is 1. The van der Waals surface area contributed by atoms with E-state index in [1.165, 1.54) is 6.92 Å². The predicted molar refractivity (Wildman–Crippen MR) is 258 cm³/mol. The summed E-state index contributed by atoms with van der Waals surface area (Å²) in [6.45, 7) is 6.47. The van der Waals surface area contributed by atoms with E-state index >= 15 is 0 Å². The molecule has 2 amide bonds. The Kier molecular flexibility index (Phi) is 26.5. The van der Waals surface area contributed by atoms with Crippen molar-refractivity contribution in [2.45, 2.75) is 189 Å². The minimum absolute atomic E-state index is 0.119. The second-order valence-electron chi connectivity index (χ2n) is 18.8. The molecule has 0 spiro atoms. The van der Waals surface area contributed by atoms with Crippen LogP contribution in [0.3, 0.4) is 0 Å². The number of fused-ring (bicyclic) bond motifs is 2. The van der Waals surface area contributed by atoms with Crippen molar-refractivity contribution in [2.24, 2.45) is 17.6 Å². The molecule has 2 fully saturated rings. The van der Waals surface area contributed by atoms with Crippen molar-refractivity contribution in [1.82, 2.24) is 10.6 Å². The van der Waals surface area contributed by atoms with Gasteiger partial charge < -0.3 is 91.5 Å². The quantitative estimate of drug-likeness (QED) is 0.158. The lowest BCUT2D eigenvalue weighted by molar-refractivity contribution is -0.303. The molecule has 2 bridgehead atoms. The van der Waals surface area contributed by atoms with Gasteiger partial charge >= 0.3 is 18.0 Å². The number of aliphatic hydroxyl groups is 10. The second kappa shape index (κ2) is 30.8. The number of allylic oxidation sites excluding steroid dienone is 12. The van der Waals surface area contributed by atoms with Crippen LogP contribution in [0.25, 0.3) is 0 Å². The van der Waals surface area contributed by atoms with Crippen LogP contribution >= 0.6 is 0 Å². The lowest BCUT2D eigenvalue weighted by Gasteiger charge is -2.46. The number of carbonyl (C=O) groups is 3. The van der Waals surface area contributed by atoms with E-state index in [-0.39, 0.29) is 38.1 Å². The summed E-state index contributed by atoms with van der Waals surface area (Å²) in [7, 11) is 0. The number of hydrogen-bond donors (Lipinski definition) is 14. The molecule has 2 saturated heterocycles. The molecule has 0 radical (unpaired) electrons. The fourth-order valence-electron chi connectivity index (χ4n) is 8.32. The van der Waals surface area contributed by atoms with Gasteiger partial charge in [-0.3, -0.25) is 9.59 Å². The zero-order chi connectivity index (χ0) is 52.8. The highest BCUT2D eigenvalue weighted by molar-refractivity contribution is 5.75. The average Bonchev–Trinajstić information content (AvgIpc) is 3.28. The molecule has 15 N–H and O–H groups in total. The predicted octanol–water partition coefficient (Wildman–Crippen LogP) is 0.153. The third-order valence-electron chi connectivity index (χ3n) is 12.7. The lowest BCUT2D eigenvalue weighted by atomic mass is 9.87. The first-order chi connectivity index (χ1) is 33.5. The Labute approximate surface area is 415 Å². The topological polar surface area (TPSA) is 361 Å². The number of nitrogens with two attached hydrogens (primary N) is 1. The molecule has 21 heteroatoms. The number of rotatable bonds is 6. The molecule has 3 aliphatic rings. The number of carbonyl (C=O) groups excluding carboxylic acids is 2. The summed E-state index contributed by atoms with van der Waals surface area (Å²) < 4.78 is 23.6. The van der Waals surface area contributed by atoms with Gasteiger partial charge in [-0.05, 0) is 33.1 Å². The van der Waals surface area contributed by atoms with Crippen LogP contribution in [0.2, 0.25) is 0 Å². The van der Waals surface area contributed by atoms with Gasteiger partial charge in [0.2, 0.25) is 0 Å². The largest absolute Gasteiger partial charge is 0.481 e. The van der Waals surface area contributed by atoms with Crippen LogP contribution in [-0.2, 0) is 28.5 Å². The molecule has 3 aliphatic heterocycles. The Bertz CT molecular complexity index is 1840. The number of carboxylic acid groups (broad SMARTS) is 1. The molecule has 3 rings (SSSR count). The molecular weight excluding hydrogens is 931 g/mol. The first kappa shape index (κ1) is 61.1. The van der Waals surface area contributed by atoms with E-state index in [0.717, 1.165) is 0 Å². The molecule has 0 aromatic rings. The van der Waals surface area contributed by atoms with E-state index in [9.17, 15) is 65.4 Å². The molecule has 0 aliphatic carbocycles. The molecule has 0 saturated carbocycles. The third-order valence-corrected chi connectivity index (χ3v) is 12.7. The third kappa shape index (κ3) is 21.8. The molecule has 21 nitrogen and oxygen atoms in total. The first-order valence-corrected chi connectivity index (χ1v) is 24.2. The van der Waals surface area contributed by atoms with Gasteiger partial charge in [0.25, 0.3) is 0 Å². The normalized spacial score (nSPS) is 42.5. The van der Waals surface area contributed by atoms with E-state index < -0.39 is 160 Å². The summed E-state index contributed by atoms with van der Waals surface area (Å²) in [5.41, 5.74) is 6.08. The number of nitrogens with one attached hydrogen (secondary N) is 2.